The predicted molar refractivity (Wildman–Crippen MR) is 108 cm³/mol. The maximum absolute atomic E-state index is 6.10. The van der Waals surface area contributed by atoms with Gasteiger partial charge >= 0.3 is 0 Å². The van der Waals surface area contributed by atoms with Crippen LogP contribution < -0.4 is 10.1 Å². The molecule has 5 heteroatoms. The molecule has 1 heterocycles. The highest BCUT2D eigenvalue weighted by Gasteiger charge is 2.35. The molecule has 5 nitrogen and oxygen atoms in total. The number of hydrogen-bond donors (Lipinski definition) is 1. The molecule has 0 saturated carbocycles. The van der Waals surface area contributed by atoms with Crippen LogP contribution in [0.3, 0.4) is 0 Å². The van der Waals surface area contributed by atoms with Crippen molar-refractivity contribution >= 4 is 5.96 Å². The van der Waals surface area contributed by atoms with Crippen molar-refractivity contribution in [2.45, 2.75) is 46.3 Å². The first-order valence-corrected chi connectivity index (χ1v) is 9.52. The van der Waals surface area contributed by atoms with Crippen LogP contribution in [-0.2, 0) is 11.3 Å². The molecule has 0 bridgehead atoms. The van der Waals surface area contributed by atoms with Crippen molar-refractivity contribution in [1.82, 2.24) is 10.2 Å². The molecular formula is C21H35N3O2. The smallest absolute Gasteiger partial charge is 0.193 e. The summed E-state index contributed by atoms with van der Waals surface area (Å²) in [6.45, 7) is 9.29. The summed E-state index contributed by atoms with van der Waals surface area (Å²) >= 11 is 0. The average Bonchev–Trinajstić information content (AvgIpc) is 2.62. The van der Waals surface area contributed by atoms with Crippen molar-refractivity contribution in [3.05, 3.63) is 29.8 Å². The van der Waals surface area contributed by atoms with Gasteiger partial charge in [-0.15, -0.1) is 0 Å². The average molecular weight is 362 g/mol. The Bertz CT molecular complexity index is 595. The Morgan fingerprint density at radius 1 is 1.35 bits per heavy atom. The van der Waals surface area contributed by atoms with Crippen molar-refractivity contribution in [2.75, 3.05) is 34.4 Å². The Morgan fingerprint density at radius 3 is 2.73 bits per heavy atom. The van der Waals surface area contributed by atoms with Gasteiger partial charge in [-0.1, -0.05) is 39.0 Å². The number of ether oxygens (including phenoxy) is 2. The van der Waals surface area contributed by atoms with E-state index in [0.717, 1.165) is 43.4 Å². The summed E-state index contributed by atoms with van der Waals surface area (Å²) in [7, 11) is 5.60. The third-order valence-electron chi connectivity index (χ3n) is 4.99. The highest BCUT2D eigenvalue weighted by atomic mass is 16.5. The lowest BCUT2D eigenvalue weighted by atomic mass is 9.78. The summed E-state index contributed by atoms with van der Waals surface area (Å²) in [4.78, 5) is 6.59. The number of methoxy groups -OCH3 is 1. The van der Waals surface area contributed by atoms with Gasteiger partial charge in [-0.2, -0.15) is 0 Å². The minimum atomic E-state index is 0.152. The van der Waals surface area contributed by atoms with E-state index in [2.05, 4.69) is 49.1 Å². The second kappa shape index (κ2) is 9.26. The molecule has 1 fully saturated rings. The van der Waals surface area contributed by atoms with Crippen LogP contribution in [-0.4, -0.2) is 51.3 Å². The normalized spacial score (nSPS) is 21.4. The molecule has 0 aliphatic carbocycles. The lowest BCUT2D eigenvalue weighted by molar-refractivity contribution is -0.0836. The van der Waals surface area contributed by atoms with E-state index in [1.54, 1.807) is 7.11 Å². The second-order valence-corrected chi connectivity index (χ2v) is 8.16. The van der Waals surface area contributed by atoms with Crippen LogP contribution in [0.2, 0.25) is 0 Å². The fourth-order valence-corrected chi connectivity index (χ4v) is 3.78. The van der Waals surface area contributed by atoms with Gasteiger partial charge in [0.25, 0.3) is 0 Å². The van der Waals surface area contributed by atoms with E-state index in [0.29, 0.717) is 5.92 Å². The number of hydrogen-bond acceptors (Lipinski definition) is 3. The molecule has 0 aromatic heterocycles. The second-order valence-electron chi connectivity index (χ2n) is 8.16. The summed E-state index contributed by atoms with van der Waals surface area (Å²) in [5.74, 6) is 2.30. The Kier molecular flexibility index (Phi) is 7.33. The number of nitrogens with one attached hydrogen (secondary N) is 1. The molecule has 0 radical (unpaired) electrons. The van der Waals surface area contributed by atoms with Gasteiger partial charge < -0.3 is 19.7 Å². The Labute approximate surface area is 158 Å². The van der Waals surface area contributed by atoms with Gasteiger partial charge in [0.1, 0.15) is 5.75 Å². The largest absolute Gasteiger partial charge is 0.496 e. The van der Waals surface area contributed by atoms with Gasteiger partial charge in [0.15, 0.2) is 5.96 Å². The molecule has 26 heavy (non-hydrogen) atoms. The number of rotatable bonds is 5. The van der Waals surface area contributed by atoms with E-state index < -0.39 is 0 Å². The Morgan fingerprint density at radius 2 is 2.08 bits per heavy atom. The maximum atomic E-state index is 6.10. The quantitative estimate of drug-likeness (QED) is 0.644. The van der Waals surface area contributed by atoms with E-state index in [4.69, 9.17) is 9.47 Å². The number of aliphatic imine (C=N–C) groups is 1. The van der Waals surface area contributed by atoms with Crippen LogP contribution in [0, 0.1) is 11.3 Å². The van der Waals surface area contributed by atoms with Gasteiger partial charge in [-0.25, -0.2) is 0 Å². The molecule has 1 aromatic rings. The fraction of sp³-hybridized carbons (Fsp3) is 0.667. The van der Waals surface area contributed by atoms with E-state index in [1.165, 1.54) is 6.42 Å². The van der Waals surface area contributed by atoms with Gasteiger partial charge in [0, 0.05) is 45.3 Å². The molecule has 2 rings (SSSR count). The zero-order valence-electron chi connectivity index (χ0n) is 17.2. The lowest BCUT2D eigenvalue weighted by Gasteiger charge is -2.40. The predicted octanol–water partition coefficient (Wildman–Crippen LogP) is 3.54. The Balaban J connectivity index is 1.98. The molecule has 1 saturated heterocycles. The minimum absolute atomic E-state index is 0.152. The maximum Gasteiger partial charge on any atom is 0.193 e. The van der Waals surface area contributed by atoms with Crippen molar-refractivity contribution in [2.24, 2.45) is 16.3 Å². The van der Waals surface area contributed by atoms with Crippen molar-refractivity contribution in [3.8, 4) is 5.75 Å². The molecule has 1 N–H and O–H groups in total. The van der Waals surface area contributed by atoms with Crippen LogP contribution in [0.15, 0.2) is 29.3 Å². The third kappa shape index (κ3) is 5.37. The van der Waals surface area contributed by atoms with Crippen LogP contribution in [0.25, 0.3) is 0 Å². The summed E-state index contributed by atoms with van der Waals surface area (Å²) < 4.78 is 11.6. The van der Waals surface area contributed by atoms with Gasteiger partial charge in [0.05, 0.1) is 13.2 Å². The SMILES string of the molecule is CN=C(NCC1CCCOC1C(C)(C)C)N(C)Cc1ccccc1OC. The number of nitrogens with zero attached hydrogens (tertiary/aromatic N) is 2. The van der Waals surface area contributed by atoms with E-state index in [9.17, 15) is 0 Å². The molecule has 1 aliphatic heterocycles. The molecule has 0 spiro atoms. The Hall–Kier alpha value is -1.75. The summed E-state index contributed by atoms with van der Waals surface area (Å²) in [5.41, 5.74) is 1.30. The highest BCUT2D eigenvalue weighted by Crippen LogP contribution is 2.33. The van der Waals surface area contributed by atoms with E-state index in [1.807, 2.05) is 25.2 Å². The third-order valence-corrected chi connectivity index (χ3v) is 4.99. The fourth-order valence-electron chi connectivity index (χ4n) is 3.78. The van der Waals surface area contributed by atoms with Crippen molar-refractivity contribution in [1.29, 1.82) is 0 Å². The molecule has 1 aliphatic rings. The molecule has 1 aromatic carbocycles. The van der Waals surface area contributed by atoms with Crippen molar-refractivity contribution in [3.63, 3.8) is 0 Å². The molecule has 146 valence electrons. The first-order valence-electron chi connectivity index (χ1n) is 9.52. The first-order chi connectivity index (χ1) is 12.4. The number of para-hydroxylation sites is 1. The van der Waals surface area contributed by atoms with Gasteiger partial charge in [-0.3, -0.25) is 4.99 Å². The zero-order chi connectivity index (χ0) is 19.2. The summed E-state index contributed by atoms with van der Waals surface area (Å²) in [6, 6.07) is 8.11. The zero-order valence-corrected chi connectivity index (χ0v) is 17.2. The number of benzene rings is 1. The molecule has 2 atom stereocenters. The monoisotopic (exact) mass is 361 g/mol. The standard InChI is InChI=1S/C21H35N3O2/c1-21(2,3)19-16(11-9-13-26-19)14-23-20(22-4)24(5)15-17-10-7-8-12-18(17)25-6/h7-8,10,12,16,19H,9,11,13-15H2,1-6H3,(H,22,23). The van der Waals surface area contributed by atoms with Crippen LogP contribution in [0.5, 0.6) is 5.75 Å². The first kappa shape index (κ1) is 20.6. The van der Waals surface area contributed by atoms with Crippen LogP contribution in [0.4, 0.5) is 0 Å². The topological polar surface area (TPSA) is 46.1 Å². The molecular weight excluding hydrogens is 326 g/mol. The van der Waals surface area contributed by atoms with Crippen LogP contribution in [0.1, 0.15) is 39.2 Å². The van der Waals surface area contributed by atoms with Crippen molar-refractivity contribution < 1.29 is 9.47 Å². The van der Waals surface area contributed by atoms with E-state index in [-0.39, 0.29) is 11.5 Å². The van der Waals surface area contributed by atoms with Crippen LogP contribution >= 0.6 is 0 Å². The molecule has 2 unspecified atom stereocenters. The summed E-state index contributed by atoms with van der Waals surface area (Å²) in [6.07, 6.45) is 2.61. The van der Waals surface area contributed by atoms with Gasteiger partial charge in [-0.05, 0) is 24.3 Å². The summed E-state index contributed by atoms with van der Waals surface area (Å²) in [5, 5.41) is 3.55. The minimum Gasteiger partial charge on any atom is -0.496 e. The van der Waals surface area contributed by atoms with Gasteiger partial charge in [0.2, 0.25) is 0 Å². The highest BCUT2D eigenvalue weighted by molar-refractivity contribution is 5.79. The molecule has 0 amide bonds. The lowest BCUT2D eigenvalue weighted by Crippen LogP contribution is -2.47. The number of guanidine groups is 1. The van der Waals surface area contributed by atoms with E-state index >= 15 is 0 Å².